The van der Waals surface area contributed by atoms with Crippen LogP contribution < -0.4 is 15.7 Å². The molecule has 194 valence electrons. The van der Waals surface area contributed by atoms with Gasteiger partial charge < -0.3 is 15.0 Å². The Hall–Kier alpha value is -3.46. The van der Waals surface area contributed by atoms with Gasteiger partial charge in [-0.15, -0.1) is 0 Å². The van der Waals surface area contributed by atoms with E-state index in [-0.39, 0.29) is 11.5 Å². The van der Waals surface area contributed by atoms with Gasteiger partial charge in [0, 0.05) is 49.6 Å². The number of ether oxygens (including phenoxy) is 1. The molecular formula is C28H33FN6O2. The van der Waals surface area contributed by atoms with E-state index < -0.39 is 5.54 Å². The Morgan fingerprint density at radius 1 is 1.14 bits per heavy atom. The molecule has 1 saturated heterocycles. The third-order valence-electron chi connectivity index (χ3n) is 7.77. The first kappa shape index (κ1) is 23.9. The Kier molecular flexibility index (Phi) is 5.90. The number of halogens is 1. The van der Waals surface area contributed by atoms with Gasteiger partial charge in [0.05, 0.1) is 46.0 Å². The lowest BCUT2D eigenvalue weighted by Crippen LogP contribution is -2.40. The zero-order valence-corrected chi connectivity index (χ0v) is 21.7. The lowest BCUT2D eigenvalue weighted by Gasteiger charge is -2.26. The lowest BCUT2D eigenvalue weighted by atomic mass is 10.00. The van der Waals surface area contributed by atoms with Gasteiger partial charge in [-0.3, -0.25) is 14.1 Å². The third-order valence-corrected chi connectivity index (χ3v) is 7.77. The van der Waals surface area contributed by atoms with Gasteiger partial charge in [-0.25, -0.2) is 14.2 Å². The smallest absolute Gasteiger partial charge is 0.329 e. The number of hydrogen-bond acceptors (Lipinski definition) is 6. The number of anilines is 1. The van der Waals surface area contributed by atoms with Crippen molar-refractivity contribution in [3.8, 4) is 17.0 Å². The number of aryl methyl sites for hydroxylation is 1. The van der Waals surface area contributed by atoms with E-state index in [1.165, 1.54) is 38.4 Å². The van der Waals surface area contributed by atoms with Crippen LogP contribution >= 0.6 is 0 Å². The lowest BCUT2D eigenvalue weighted by molar-refractivity contribution is 0.203. The van der Waals surface area contributed by atoms with Crippen molar-refractivity contribution in [3.05, 3.63) is 46.9 Å². The minimum Gasteiger partial charge on any atom is -0.478 e. The summed E-state index contributed by atoms with van der Waals surface area (Å²) >= 11 is 0. The summed E-state index contributed by atoms with van der Waals surface area (Å²) in [6, 6.07) is 5.09. The highest BCUT2D eigenvalue weighted by molar-refractivity contribution is 6.13. The molecule has 0 saturated carbocycles. The number of nitrogens with zero attached hydrogens (tertiary/aromatic N) is 5. The highest BCUT2D eigenvalue weighted by atomic mass is 19.1. The van der Waals surface area contributed by atoms with Crippen LogP contribution in [0.4, 0.5) is 10.1 Å². The van der Waals surface area contributed by atoms with Crippen molar-refractivity contribution in [2.45, 2.75) is 45.1 Å². The summed E-state index contributed by atoms with van der Waals surface area (Å²) in [4.78, 5) is 24.7. The van der Waals surface area contributed by atoms with Crippen molar-refractivity contribution in [3.63, 3.8) is 0 Å². The second kappa shape index (κ2) is 9.13. The molecule has 37 heavy (non-hydrogen) atoms. The molecule has 0 aliphatic carbocycles. The van der Waals surface area contributed by atoms with Gasteiger partial charge in [-0.2, -0.15) is 0 Å². The first-order valence-corrected chi connectivity index (χ1v) is 13.1. The first-order valence-electron chi connectivity index (χ1n) is 13.1. The SMILES string of the molecule is Cn1c(=O)n2c3c4c(c(-c5ccc(OCCCN6CCCCC6)nc5)c(F)cc4ncc31)NCC2(C)C. The molecular weight excluding hydrogens is 471 g/mol. The van der Waals surface area contributed by atoms with E-state index in [1.807, 2.05) is 19.9 Å². The number of piperidine rings is 1. The molecule has 0 unspecified atom stereocenters. The summed E-state index contributed by atoms with van der Waals surface area (Å²) in [6.45, 7) is 8.47. The zero-order chi connectivity index (χ0) is 25.7. The molecule has 8 nitrogen and oxygen atoms in total. The number of pyridine rings is 2. The van der Waals surface area contributed by atoms with E-state index >= 15 is 4.39 Å². The molecule has 5 heterocycles. The second-order valence-electron chi connectivity index (χ2n) is 10.8. The van der Waals surface area contributed by atoms with Gasteiger partial charge in [0.2, 0.25) is 5.88 Å². The van der Waals surface area contributed by atoms with Crippen molar-refractivity contribution < 1.29 is 9.13 Å². The Morgan fingerprint density at radius 2 is 1.95 bits per heavy atom. The summed E-state index contributed by atoms with van der Waals surface area (Å²) in [5.41, 5.74) is 3.06. The average Bonchev–Trinajstić information content (AvgIpc) is 3.08. The van der Waals surface area contributed by atoms with E-state index in [4.69, 9.17) is 4.74 Å². The monoisotopic (exact) mass is 504 g/mol. The van der Waals surface area contributed by atoms with Crippen molar-refractivity contribution in [1.29, 1.82) is 0 Å². The number of aromatic nitrogens is 4. The summed E-state index contributed by atoms with van der Waals surface area (Å²) in [6.07, 6.45) is 8.17. The van der Waals surface area contributed by atoms with Crippen LogP contribution in [0.15, 0.2) is 35.4 Å². The maximum absolute atomic E-state index is 15.6. The molecule has 0 bridgehead atoms. The van der Waals surface area contributed by atoms with Crippen molar-refractivity contribution in [2.24, 2.45) is 7.05 Å². The van der Waals surface area contributed by atoms with Crippen LogP contribution in [-0.2, 0) is 12.6 Å². The maximum Gasteiger partial charge on any atom is 0.329 e. The zero-order valence-electron chi connectivity index (χ0n) is 21.7. The fourth-order valence-electron chi connectivity index (χ4n) is 5.78. The van der Waals surface area contributed by atoms with Crippen LogP contribution in [0.25, 0.3) is 33.1 Å². The molecule has 1 aromatic carbocycles. The number of rotatable bonds is 6. The van der Waals surface area contributed by atoms with Gasteiger partial charge >= 0.3 is 5.69 Å². The Balaban J connectivity index is 1.34. The minimum atomic E-state index is -0.526. The second-order valence-corrected chi connectivity index (χ2v) is 10.8. The summed E-state index contributed by atoms with van der Waals surface area (Å²) in [7, 11) is 1.75. The van der Waals surface area contributed by atoms with Crippen LogP contribution in [0.5, 0.6) is 5.88 Å². The van der Waals surface area contributed by atoms with Crippen LogP contribution in [0.1, 0.15) is 39.5 Å². The Bertz CT molecular complexity index is 1530. The fraction of sp³-hybridized carbons (Fsp3) is 0.464. The van der Waals surface area contributed by atoms with E-state index in [0.717, 1.165) is 29.4 Å². The normalized spacial score (nSPS) is 17.3. The van der Waals surface area contributed by atoms with E-state index in [1.54, 1.807) is 34.6 Å². The van der Waals surface area contributed by atoms with Gasteiger partial charge in [0.25, 0.3) is 0 Å². The molecule has 6 rings (SSSR count). The first-order chi connectivity index (χ1) is 17.8. The quantitative estimate of drug-likeness (QED) is 0.390. The predicted molar refractivity (Wildman–Crippen MR) is 144 cm³/mol. The van der Waals surface area contributed by atoms with E-state index in [9.17, 15) is 4.79 Å². The molecule has 0 atom stereocenters. The number of likely N-dealkylation sites (tertiary alicyclic amines) is 1. The number of nitrogens with one attached hydrogen (secondary N) is 1. The summed E-state index contributed by atoms with van der Waals surface area (Å²) < 4.78 is 24.9. The molecule has 0 spiro atoms. The molecule has 1 N–H and O–H groups in total. The summed E-state index contributed by atoms with van der Waals surface area (Å²) in [5.74, 6) is 0.146. The highest BCUT2D eigenvalue weighted by Crippen LogP contribution is 2.42. The molecule has 2 aliphatic rings. The molecule has 3 aromatic heterocycles. The van der Waals surface area contributed by atoms with Gasteiger partial charge in [-0.05, 0) is 52.3 Å². The molecule has 0 radical (unpaired) electrons. The Morgan fingerprint density at radius 3 is 2.70 bits per heavy atom. The van der Waals surface area contributed by atoms with Crippen LogP contribution in [0.3, 0.4) is 0 Å². The number of benzene rings is 1. The third kappa shape index (κ3) is 4.05. The molecule has 0 amide bonds. The van der Waals surface area contributed by atoms with Gasteiger partial charge in [0.15, 0.2) is 0 Å². The van der Waals surface area contributed by atoms with Crippen molar-refractivity contribution >= 4 is 27.6 Å². The van der Waals surface area contributed by atoms with Crippen LogP contribution in [0.2, 0.25) is 0 Å². The standard InChI is InChI=1S/C28H33FN6O2/c1-28(2)17-32-25-23(18-8-9-22(31-15-18)37-13-7-12-34-10-5-4-6-11-34)19(29)14-20-24(25)26-21(16-30-20)33(3)27(36)35(26)28/h8-9,14-16,32H,4-7,10-13,17H2,1-3H3. The highest BCUT2D eigenvalue weighted by Gasteiger charge is 2.33. The maximum atomic E-state index is 15.6. The molecule has 9 heteroatoms. The molecule has 2 aliphatic heterocycles. The fourth-order valence-corrected chi connectivity index (χ4v) is 5.78. The van der Waals surface area contributed by atoms with E-state index in [0.29, 0.717) is 41.4 Å². The Labute approximate surface area is 215 Å². The van der Waals surface area contributed by atoms with Crippen LogP contribution in [-0.4, -0.2) is 56.8 Å². The molecule has 1 fully saturated rings. The van der Waals surface area contributed by atoms with E-state index in [2.05, 4.69) is 20.2 Å². The predicted octanol–water partition coefficient (Wildman–Crippen LogP) is 4.50. The van der Waals surface area contributed by atoms with Crippen LogP contribution in [0, 0.1) is 5.82 Å². The van der Waals surface area contributed by atoms with Gasteiger partial charge in [-0.1, -0.05) is 6.42 Å². The topological polar surface area (TPSA) is 77.2 Å². The van der Waals surface area contributed by atoms with Gasteiger partial charge in [0.1, 0.15) is 5.82 Å². The number of imidazole rings is 1. The van der Waals surface area contributed by atoms with Crippen molar-refractivity contribution in [1.82, 2.24) is 24.0 Å². The minimum absolute atomic E-state index is 0.113. The van der Waals surface area contributed by atoms with Crippen molar-refractivity contribution in [2.75, 3.05) is 38.1 Å². The number of hydrogen-bond donors (Lipinski definition) is 1. The average molecular weight is 505 g/mol. The largest absolute Gasteiger partial charge is 0.478 e. The molecule has 4 aromatic rings. The summed E-state index contributed by atoms with van der Waals surface area (Å²) in [5, 5.41) is 4.19.